The number of non-ortho nitro benzene ring substituents is 1. The van der Waals surface area contributed by atoms with Crippen LogP contribution in [0.2, 0.25) is 0 Å². The summed E-state index contributed by atoms with van der Waals surface area (Å²) in [4.78, 5) is 27.3. The topological polar surface area (TPSA) is 147 Å². The van der Waals surface area contributed by atoms with Crippen LogP contribution in [0.3, 0.4) is 0 Å². The minimum atomic E-state index is -0.750. The molecule has 0 bridgehead atoms. The summed E-state index contributed by atoms with van der Waals surface area (Å²) in [6.07, 6.45) is 0.892. The monoisotopic (exact) mass is 355 g/mol. The van der Waals surface area contributed by atoms with E-state index in [0.717, 1.165) is 12.3 Å². The molecule has 0 radical (unpaired) electrons. The Balaban J connectivity index is 2.47. The van der Waals surface area contributed by atoms with Crippen LogP contribution in [0.5, 0.6) is 11.6 Å². The van der Waals surface area contributed by atoms with E-state index in [9.17, 15) is 20.2 Å². The summed E-state index contributed by atoms with van der Waals surface area (Å²) in [7, 11) is 0. The van der Waals surface area contributed by atoms with Gasteiger partial charge in [-0.05, 0) is 22.0 Å². The van der Waals surface area contributed by atoms with E-state index in [2.05, 4.69) is 25.9 Å². The van der Waals surface area contributed by atoms with Crippen LogP contribution in [0, 0.1) is 20.2 Å². The summed E-state index contributed by atoms with van der Waals surface area (Å²) in [5.74, 6) is -0.642. The largest absolute Gasteiger partial charge is 0.432 e. The Bertz CT molecular complexity index is 738. The first-order valence-electron chi connectivity index (χ1n) is 5.27. The Morgan fingerprint density at radius 1 is 1.24 bits per heavy atom. The molecule has 108 valence electrons. The van der Waals surface area contributed by atoms with Crippen molar-refractivity contribution in [3.05, 3.63) is 49.1 Å². The molecule has 10 nitrogen and oxygen atoms in total. The van der Waals surface area contributed by atoms with Gasteiger partial charge in [-0.3, -0.25) is 20.2 Å². The Labute approximate surface area is 125 Å². The highest BCUT2D eigenvalue weighted by atomic mass is 79.9. The lowest BCUT2D eigenvalue weighted by Crippen LogP contribution is -2.02. The first-order chi connectivity index (χ1) is 9.88. The van der Waals surface area contributed by atoms with Gasteiger partial charge in [0.25, 0.3) is 5.69 Å². The number of aromatic nitrogens is 2. The highest BCUT2D eigenvalue weighted by Crippen LogP contribution is 2.35. The molecule has 1 aromatic heterocycles. The molecular weight excluding hydrogens is 350 g/mol. The normalized spacial score (nSPS) is 10.1. The van der Waals surface area contributed by atoms with Gasteiger partial charge in [0.1, 0.15) is 6.20 Å². The number of nitro groups is 2. The van der Waals surface area contributed by atoms with Crippen LogP contribution in [-0.2, 0) is 0 Å². The van der Waals surface area contributed by atoms with Crippen molar-refractivity contribution in [1.29, 1.82) is 0 Å². The predicted molar refractivity (Wildman–Crippen MR) is 74.0 cm³/mol. The standard InChI is InChI=1S/C10H6BrN5O5/c11-6-2-1-5(15(17)18)3-8(6)21-9-7(16(19)20)4-13-10(12)14-9/h1-4H,(H2,12,13,14). The van der Waals surface area contributed by atoms with E-state index in [0.29, 0.717) is 4.47 Å². The summed E-state index contributed by atoms with van der Waals surface area (Å²) in [6, 6.07) is 3.73. The lowest BCUT2D eigenvalue weighted by atomic mass is 10.3. The van der Waals surface area contributed by atoms with E-state index in [1.165, 1.54) is 12.1 Å². The average molecular weight is 356 g/mol. The molecule has 0 aliphatic heterocycles. The third-order valence-corrected chi connectivity index (χ3v) is 2.94. The van der Waals surface area contributed by atoms with Gasteiger partial charge in [0, 0.05) is 6.07 Å². The van der Waals surface area contributed by atoms with Crippen molar-refractivity contribution in [2.75, 3.05) is 5.73 Å². The van der Waals surface area contributed by atoms with Crippen LogP contribution < -0.4 is 10.5 Å². The third-order valence-electron chi connectivity index (χ3n) is 2.28. The number of nitrogens with zero attached hydrogens (tertiary/aromatic N) is 4. The van der Waals surface area contributed by atoms with Crippen molar-refractivity contribution >= 4 is 33.3 Å². The molecule has 0 saturated carbocycles. The van der Waals surface area contributed by atoms with Crippen LogP contribution >= 0.6 is 15.9 Å². The van der Waals surface area contributed by atoms with Gasteiger partial charge >= 0.3 is 11.6 Å². The van der Waals surface area contributed by atoms with Gasteiger partial charge < -0.3 is 10.5 Å². The fraction of sp³-hybridized carbons (Fsp3) is 0. The molecule has 21 heavy (non-hydrogen) atoms. The number of halogens is 1. The molecule has 0 spiro atoms. The Hall–Kier alpha value is -2.82. The molecule has 0 amide bonds. The van der Waals surface area contributed by atoms with Crippen LogP contribution in [0.25, 0.3) is 0 Å². The van der Waals surface area contributed by atoms with Crippen LogP contribution in [0.1, 0.15) is 0 Å². The molecular formula is C10H6BrN5O5. The fourth-order valence-electron chi connectivity index (χ4n) is 1.36. The Morgan fingerprint density at radius 3 is 2.57 bits per heavy atom. The molecule has 0 saturated heterocycles. The number of nitrogen functional groups attached to an aromatic ring is 1. The van der Waals surface area contributed by atoms with Gasteiger partial charge in [0.2, 0.25) is 5.95 Å². The molecule has 0 atom stereocenters. The number of benzene rings is 1. The van der Waals surface area contributed by atoms with E-state index < -0.39 is 21.4 Å². The average Bonchev–Trinajstić information content (AvgIpc) is 2.40. The zero-order chi connectivity index (χ0) is 15.6. The maximum absolute atomic E-state index is 10.9. The van der Waals surface area contributed by atoms with Gasteiger partial charge in [-0.15, -0.1) is 0 Å². The number of anilines is 1. The van der Waals surface area contributed by atoms with E-state index in [1.54, 1.807) is 0 Å². The molecule has 2 N–H and O–H groups in total. The molecule has 1 heterocycles. The Morgan fingerprint density at radius 2 is 1.95 bits per heavy atom. The first kappa shape index (κ1) is 14.6. The zero-order valence-corrected chi connectivity index (χ0v) is 11.7. The molecule has 0 unspecified atom stereocenters. The van der Waals surface area contributed by atoms with Gasteiger partial charge in [0.15, 0.2) is 5.75 Å². The molecule has 11 heteroatoms. The van der Waals surface area contributed by atoms with Crippen LogP contribution in [-0.4, -0.2) is 19.8 Å². The number of ether oxygens (including phenoxy) is 1. The molecule has 0 aliphatic carbocycles. The third kappa shape index (κ3) is 3.20. The number of rotatable bonds is 4. The van der Waals surface area contributed by atoms with Crippen molar-refractivity contribution in [1.82, 2.24) is 9.97 Å². The summed E-state index contributed by atoms with van der Waals surface area (Å²) < 4.78 is 5.61. The summed E-state index contributed by atoms with van der Waals surface area (Å²) in [5.41, 5.74) is 4.60. The molecule has 2 aromatic rings. The quantitative estimate of drug-likeness (QED) is 0.649. The fourth-order valence-corrected chi connectivity index (χ4v) is 1.69. The highest BCUT2D eigenvalue weighted by Gasteiger charge is 2.21. The number of nitro benzene ring substituents is 1. The lowest BCUT2D eigenvalue weighted by molar-refractivity contribution is -0.386. The maximum Gasteiger partial charge on any atom is 0.349 e. The molecule has 2 rings (SSSR count). The maximum atomic E-state index is 10.9. The smallest absolute Gasteiger partial charge is 0.349 e. The van der Waals surface area contributed by atoms with Crippen molar-refractivity contribution in [3.8, 4) is 11.6 Å². The number of nitrogens with two attached hydrogens (primary N) is 1. The van der Waals surface area contributed by atoms with Crippen molar-refractivity contribution in [2.45, 2.75) is 0 Å². The van der Waals surface area contributed by atoms with Crippen molar-refractivity contribution < 1.29 is 14.6 Å². The first-order valence-corrected chi connectivity index (χ1v) is 6.06. The zero-order valence-electron chi connectivity index (χ0n) is 10.1. The van der Waals surface area contributed by atoms with Gasteiger partial charge in [-0.25, -0.2) is 4.98 Å². The van der Waals surface area contributed by atoms with E-state index in [1.807, 2.05) is 0 Å². The SMILES string of the molecule is Nc1ncc([N+](=O)[O-])c(Oc2cc([N+](=O)[O-])ccc2Br)n1. The van der Waals surface area contributed by atoms with Crippen LogP contribution in [0.15, 0.2) is 28.9 Å². The molecule has 1 aromatic carbocycles. The van der Waals surface area contributed by atoms with E-state index in [4.69, 9.17) is 10.5 Å². The van der Waals surface area contributed by atoms with Gasteiger partial charge in [-0.1, -0.05) is 0 Å². The second-order valence-corrected chi connectivity index (χ2v) is 4.50. The van der Waals surface area contributed by atoms with Crippen LogP contribution in [0.4, 0.5) is 17.3 Å². The van der Waals surface area contributed by atoms with Gasteiger partial charge in [-0.2, -0.15) is 4.98 Å². The van der Waals surface area contributed by atoms with E-state index >= 15 is 0 Å². The summed E-state index contributed by atoms with van der Waals surface area (Å²) in [5, 5.41) is 21.6. The minimum absolute atomic E-state index is 0.00889. The Kier molecular flexibility index (Phi) is 3.93. The lowest BCUT2D eigenvalue weighted by Gasteiger charge is -2.07. The van der Waals surface area contributed by atoms with Crippen molar-refractivity contribution in [2.24, 2.45) is 0 Å². The number of hydrogen-bond donors (Lipinski definition) is 1. The second kappa shape index (κ2) is 5.66. The predicted octanol–water partition coefficient (Wildman–Crippen LogP) is 2.43. The molecule has 0 aliphatic rings. The number of hydrogen-bond acceptors (Lipinski definition) is 8. The minimum Gasteiger partial charge on any atom is -0.432 e. The summed E-state index contributed by atoms with van der Waals surface area (Å²) >= 11 is 3.13. The highest BCUT2D eigenvalue weighted by molar-refractivity contribution is 9.10. The van der Waals surface area contributed by atoms with Crippen molar-refractivity contribution in [3.63, 3.8) is 0 Å². The summed E-state index contributed by atoms with van der Waals surface area (Å²) in [6.45, 7) is 0. The van der Waals surface area contributed by atoms with E-state index in [-0.39, 0.29) is 17.4 Å². The second-order valence-electron chi connectivity index (χ2n) is 3.65. The van der Waals surface area contributed by atoms with Gasteiger partial charge in [0.05, 0.1) is 20.4 Å². The molecule has 0 fully saturated rings.